The number of hydrogen-bond acceptors (Lipinski definition) is 4. The third-order valence-corrected chi connectivity index (χ3v) is 3.47. The number of nitrogens with zero attached hydrogens (tertiary/aromatic N) is 3. The van der Waals surface area contributed by atoms with E-state index in [1.807, 2.05) is 6.07 Å². The van der Waals surface area contributed by atoms with Crippen molar-refractivity contribution in [2.45, 2.75) is 18.9 Å². The van der Waals surface area contributed by atoms with Gasteiger partial charge in [-0.15, -0.1) is 0 Å². The standard InChI is InChI=1S/C14H18N4O/c1-17(2)14(19)13-4-3-7-18(13)11-5-6-12(16)10(8-11)9-15/h5-6,8,13H,3-4,7,16H2,1-2H3. The Morgan fingerprint density at radius 2 is 2.26 bits per heavy atom. The second-order valence-corrected chi connectivity index (χ2v) is 4.97. The number of benzene rings is 1. The first kappa shape index (κ1) is 13.2. The Bertz CT molecular complexity index is 533. The fraction of sp³-hybridized carbons (Fsp3) is 0.429. The molecule has 0 radical (unpaired) electrons. The molecular weight excluding hydrogens is 240 g/mol. The highest BCUT2D eigenvalue weighted by Gasteiger charge is 2.31. The molecule has 100 valence electrons. The zero-order chi connectivity index (χ0) is 14.0. The summed E-state index contributed by atoms with van der Waals surface area (Å²) in [4.78, 5) is 15.8. The van der Waals surface area contributed by atoms with Gasteiger partial charge in [0, 0.05) is 32.0 Å². The van der Waals surface area contributed by atoms with Crippen LogP contribution < -0.4 is 10.6 Å². The van der Waals surface area contributed by atoms with Crippen LogP contribution in [0.25, 0.3) is 0 Å². The van der Waals surface area contributed by atoms with Crippen LogP contribution in [0.5, 0.6) is 0 Å². The molecule has 2 N–H and O–H groups in total. The number of hydrogen-bond donors (Lipinski definition) is 1. The minimum absolute atomic E-state index is 0.104. The highest BCUT2D eigenvalue weighted by molar-refractivity contribution is 5.85. The van der Waals surface area contributed by atoms with Gasteiger partial charge in [0.05, 0.1) is 5.56 Å². The first-order valence-corrected chi connectivity index (χ1v) is 6.32. The van der Waals surface area contributed by atoms with Crippen molar-refractivity contribution in [3.63, 3.8) is 0 Å². The molecule has 1 saturated heterocycles. The van der Waals surface area contributed by atoms with Crippen molar-refractivity contribution in [3.05, 3.63) is 23.8 Å². The molecule has 0 spiro atoms. The van der Waals surface area contributed by atoms with Gasteiger partial charge in [-0.2, -0.15) is 5.26 Å². The van der Waals surface area contributed by atoms with Crippen LogP contribution in [0, 0.1) is 11.3 Å². The summed E-state index contributed by atoms with van der Waals surface area (Å²) in [7, 11) is 3.53. The molecule has 5 nitrogen and oxygen atoms in total. The van der Waals surface area contributed by atoms with Gasteiger partial charge in [0.1, 0.15) is 12.1 Å². The summed E-state index contributed by atoms with van der Waals surface area (Å²) in [5.41, 5.74) is 7.55. The number of amides is 1. The highest BCUT2D eigenvalue weighted by Crippen LogP contribution is 2.28. The Hall–Kier alpha value is -2.22. The van der Waals surface area contributed by atoms with Crippen molar-refractivity contribution in [2.24, 2.45) is 0 Å². The van der Waals surface area contributed by atoms with Gasteiger partial charge < -0.3 is 15.5 Å². The number of carbonyl (C=O) groups excluding carboxylic acids is 1. The highest BCUT2D eigenvalue weighted by atomic mass is 16.2. The summed E-state index contributed by atoms with van der Waals surface area (Å²) >= 11 is 0. The lowest BCUT2D eigenvalue weighted by Gasteiger charge is -2.28. The van der Waals surface area contributed by atoms with Crippen LogP contribution in [0.1, 0.15) is 18.4 Å². The molecule has 19 heavy (non-hydrogen) atoms. The predicted molar refractivity (Wildman–Crippen MR) is 74.6 cm³/mol. The zero-order valence-corrected chi connectivity index (χ0v) is 11.3. The summed E-state index contributed by atoms with van der Waals surface area (Å²) in [6.07, 6.45) is 1.83. The van der Waals surface area contributed by atoms with E-state index in [0.29, 0.717) is 11.3 Å². The van der Waals surface area contributed by atoms with Gasteiger partial charge in [0.25, 0.3) is 0 Å². The van der Waals surface area contributed by atoms with Crippen molar-refractivity contribution in [3.8, 4) is 6.07 Å². The quantitative estimate of drug-likeness (QED) is 0.809. The topological polar surface area (TPSA) is 73.4 Å². The van der Waals surface area contributed by atoms with Gasteiger partial charge in [0.15, 0.2) is 0 Å². The molecule has 0 bridgehead atoms. The maximum absolute atomic E-state index is 12.1. The number of nitriles is 1. The third-order valence-electron chi connectivity index (χ3n) is 3.47. The lowest BCUT2D eigenvalue weighted by molar-refractivity contribution is -0.129. The van der Waals surface area contributed by atoms with Crippen LogP contribution in [-0.2, 0) is 4.79 Å². The van der Waals surface area contributed by atoms with Crippen LogP contribution in [0.3, 0.4) is 0 Å². The Kier molecular flexibility index (Phi) is 3.61. The maximum Gasteiger partial charge on any atom is 0.244 e. The molecule has 1 aliphatic heterocycles. The number of anilines is 2. The van der Waals surface area contributed by atoms with Gasteiger partial charge >= 0.3 is 0 Å². The smallest absolute Gasteiger partial charge is 0.244 e. The van der Waals surface area contributed by atoms with Crippen LogP contribution in [-0.4, -0.2) is 37.5 Å². The minimum atomic E-state index is -0.134. The summed E-state index contributed by atoms with van der Waals surface area (Å²) < 4.78 is 0. The van der Waals surface area contributed by atoms with Gasteiger partial charge in [-0.1, -0.05) is 0 Å². The number of carbonyl (C=O) groups is 1. The molecule has 1 aliphatic rings. The number of nitrogens with two attached hydrogens (primary N) is 1. The molecule has 1 fully saturated rings. The fourth-order valence-electron chi connectivity index (χ4n) is 2.45. The third kappa shape index (κ3) is 2.48. The van der Waals surface area contributed by atoms with E-state index in [0.717, 1.165) is 25.1 Å². The van der Waals surface area contributed by atoms with Crippen LogP contribution in [0.2, 0.25) is 0 Å². The minimum Gasteiger partial charge on any atom is -0.398 e. The van der Waals surface area contributed by atoms with Crippen molar-refractivity contribution in [2.75, 3.05) is 31.3 Å². The average Bonchev–Trinajstić information content (AvgIpc) is 2.87. The lowest BCUT2D eigenvalue weighted by atomic mass is 10.1. The number of rotatable bonds is 2. The van der Waals surface area contributed by atoms with Gasteiger partial charge in [-0.05, 0) is 31.0 Å². The molecule has 0 saturated carbocycles. The van der Waals surface area contributed by atoms with E-state index < -0.39 is 0 Å². The summed E-state index contributed by atoms with van der Waals surface area (Å²) in [5.74, 6) is 0.104. The average molecular weight is 258 g/mol. The van der Waals surface area contributed by atoms with E-state index in [1.165, 1.54) is 0 Å². The first-order chi connectivity index (χ1) is 9.04. The fourth-order valence-corrected chi connectivity index (χ4v) is 2.45. The SMILES string of the molecule is CN(C)C(=O)C1CCCN1c1ccc(N)c(C#N)c1. The van der Waals surface area contributed by atoms with E-state index in [2.05, 4.69) is 11.0 Å². The molecule has 0 aliphatic carbocycles. The maximum atomic E-state index is 12.1. The Morgan fingerprint density at radius 3 is 2.89 bits per heavy atom. The summed E-state index contributed by atoms with van der Waals surface area (Å²) in [6, 6.07) is 7.30. The van der Waals surface area contributed by atoms with Crippen molar-refractivity contribution < 1.29 is 4.79 Å². The van der Waals surface area contributed by atoms with E-state index in [9.17, 15) is 4.79 Å². The van der Waals surface area contributed by atoms with Gasteiger partial charge in [0.2, 0.25) is 5.91 Å². The predicted octanol–water partition coefficient (Wildman–Crippen LogP) is 1.20. The Morgan fingerprint density at radius 1 is 1.53 bits per heavy atom. The molecule has 5 heteroatoms. The van der Waals surface area contributed by atoms with E-state index >= 15 is 0 Å². The van der Waals surface area contributed by atoms with Crippen LogP contribution in [0.15, 0.2) is 18.2 Å². The molecule has 0 aromatic heterocycles. The first-order valence-electron chi connectivity index (χ1n) is 6.32. The van der Waals surface area contributed by atoms with E-state index in [1.54, 1.807) is 31.1 Å². The molecule has 1 aromatic carbocycles. The van der Waals surface area contributed by atoms with E-state index in [-0.39, 0.29) is 11.9 Å². The molecule has 2 rings (SSSR count). The van der Waals surface area contributed by atoms with Crippen LogP contribution >= 0.6 is 0 Å². The molecule has 1 unspecified atom stereocenters. The largest absolute Gasteiger partial charge is 0.398 e. The Labute approximate surface area is 113 Å². The number of nitrogen functional groups attached to an aromatic ring is 1. The molecule has 1 aromatic rings. The monoisotopic (exact) mass is 258 g/mol. The number of likely N-dealkylation sites (N-methyl/N-ethyl adjacent to an activating group) is 1. The van der Waals surface area contributed by atoms with E-state index in [4.69, 9.17) is 11.0 Å². The van der Waals surface area contributed by atoms with Gasteiger partial charge in [-0.25, -0.2) is 0 Å². The summed E-state index contributed by atoms with van der Waals surface area (Å²) in [5, 5.41) is 9.03. The Balaban J connectivity index is 2.30. The zero-order valence-electron chi connectivity index (χ0n) is 11.3. The van der Waals surface area contributed by atoms with Crippen LogP contribution in [0.4, 0.5) is 11.4 Å². The van der Waals surface area contributed by atoms with Gasteiger partial charge in [-0.3, -0.25) is 4.79 Å². The lowest BCUT2D eigenvalue weighted by Crippen LogP contribution is -2.42. The second kappa shape index (κ2) is 5.19. The van der Waals surface area contributed by atoms with Crippen molar-refractivity contribution >= 4 is 17.3 Å². The molecular formula is C14H18N4O. The van der Waals surface area contributed by atoms with Crippen molar-refractivity contribution in [1.29, 1.82) is 5.26 Å². The second-order valence-electron chi connectivity index (χ2n) is 4.97. The summed E-state index contributed by atoms with van der Waals surface area (Å²) in [6.45, 7) is 0.832. The molecule has 1 amide bonds. The normalized spacial score (nSPS) is 18.2. The molecule has 1 heterocycles. The molecule has 1 atom stereocenters. The van der Waals surface area contributed by atoms with Crippen molar-refractivity contribution in [1.82, 2.24) is 4.90 Å².